The summed E-state index contributed by atoms with van der Waals surface area (Å²) in [5, 5.41) is 0. The van der Waals surface area contributed by atoms with Crippen LogP contribution in [-0.4, -0.2) is 48.7 Å². The summed E-state index contributed by atoms with van der Waals surface area (Å²) in [6.07, 6.45) is 1.41. The third kappa shape index (κ3) is 3.62. The van der Waals surface area contributed by atoms with Gasteiger partial charge in [0.25, 0.3) is 0 Å². The summed E-state index contributed by atoms with van der Waals surface area (Å²) in [4.78, 5) is 0. The van der Waals surface area contributed by atoms with Gasteiger partial charge in [-0.25, -0.2) is 0 Å². The van der Waals surface area contributed by atoms with Crippen LogP contribution in [0.5, 0.6) is 0 Å². The average molecular weight is 348 g/mol. The fourth-order valence-corrected chi connectivity index (χ4v) is 4.08. The highest BCUT2D eigenvalue weighted by Crippen LogP contribution is 2.43. The summed E-state index contributed by atoms with van der Waals surface area (Å²) in [5.41, 5.74) is 1.31. The van der Waals surface area contributed by atoms with E-state index in [0.29, 0.717) is 6.61 Å². The second kappa shape index (κ2) is 6.32. The highest BCUT2D eigenvalue weighted by atomic mass is 16.8. The Hall–Kier alpha value is -0.980. The number of hydrogen-bond acceptors (Lipinski definition) is 5. The minimum atomic E-state index is -0.586. The van der Waals surface area contributed by atoms with Crippen molar-refractivity contribution in [3.8, 4) is 0 Å². The summed E-state index contributed by atoms with van der Waals surface area (Å²) in [7, 11) is 0. The van der Waals surface area contributed by atoms with Gasteiger partial charge < -0.3 is 23.7 Å². The summed E-state index contributed by atoms with van der Waals surface area (Å²) >= 11 is 0. The summed E-state index contributed by atoms with van der Waals surface area (Å²) < 4.78 is 30.5. The van der Waals surface area contributed by atoms with Gasteiger partial charge in [-0.15, -0.1) is 0 Å². The molecule has 5 atom stereocenters. The van der Waals surface area contributed by atoms with Gasteiger partial charge in [-0.3, -0.25) is 0 Å². The second-order valence-corrected chi connectivity index (χ2v) is 8.10. The monoisotopic (exact) mass is 348 g/mol. The molecule has 0 N–H and O–H groups in total. The molecule has 5 nitrogen and oxygen atoms in total. The molecule has 0 saturated carbocycles. The third-order valence-electron chi connectivity index (χ3n) is 5.14. The molecule has 4 rings (SSSR count). The zero-order valence-corrected chi connectivity index (χ0v) is 15.4. The van der Waals surface area contributed by atoms with E-state index in [1.165, 1.54) is 5.56 Å². The Morgan fingerprint density at radius 2 is 1.60 bits per heavy atom. The predicted molar refractivity (Wildman–Crippen MR) is 92.2 cm³/mol. The maximum atomic E-state index is 6.37. The van der Waals surface area contributed by atoms with Crippen LogP contribution >= 0.6 is 0 Å². The van der Waals surface area contributed by atoms with Crippen molar-refractivity contribution >= 4 is 0 Å². The van der Waals surface area contributed by atoms with E-state index in [2.05, 4.69) is 24.3 Å². The molecule has 0 aromatic heterocycles. The van der Waals surface area contributed by atoms with E-state index < -0.39 is 11.6 Å². The molecule has 0 radical (unpaired) electrons. The maximum absolute atomic E-state index is 6.37. The molecule has 0 amide bonds. The van der Waals surface area contributed by atoms with Gasteiger partial charge in [-0.05, 0) is 46.1 Å². The van der Waals surface area contributed by atoms with E-state index in [0.717, 1.165) is 12.8 Å². The van der Waals surface area contributed by atoms with E-state index >= 15 is 0 Å². The van der Waals surface area contributed by atoms with Gasteiger partial charge in [0, 0.05) is 0 Å². The Kier molecular flexibility index (Phi) is 4.41. The zero-order chi connectivity index (χ0) is 17.7. The van der Waals surface area contributed by atoms with E-state index in [9.17, 15) is 0 Å². The molecule has 3 fully saturated rings. The van der Waals surface area contributed by atoms with Crippen molar-refractivity contribution in [3.63, 3.8) is 0 Å². The third-order valence-corrected chi connectivity index (χ3v) is 5.14. The van der Waals surface area contributed by atoms with Crippen molar-refractivity contribution in [1.29, 1.82) is 0 Å². The molecule has 5 heteroatoms. The van der Waals surface area contributed by atoms with Crippen LogP contribution in [0.2, 0.25) is 0 Å². The van der Waals surface area contributed by atoms with Crippen molar-refractivity contribution in [1.82, 2.24) is 0 Å². The van der Waals surface area contributed by atoms with Crippen molar-refractivity contribution in [2.75, 3.05) is 6.61 Å². The van der Waals surface area contributed by atoms with Gasteiger partial charge in [-0.2, -0.15) is 0 Å². The largest absolute Gasteiger partial charge is 0.367 e. The van der Waals surface area contributed by atoms with Gasteiger partial charge >= 0.3 is 0 Å². The minimum Gasteiger partial charge on any atom is -0.367 e. The topological polar surface area (TPSA) is 46.2 Å². The lowest BCUT2D eigenvalue weighted by atomic mass is 10.00. The fourth-order valence-electron chi connectivity index (χ4n) is 4.08. The summed E-state index contributed by atoms with van der Waals surface area (Å²) in [5.74, 6) is -1.15. The number of benzene rings is 1. The molecule has 25 heavy (non-hydrogen) atoms. The number of fused-ring (bicyclic) bond motifs is 1. The predicted octanol–water partition coefficient (Wildman–Crippen LogP) is 3.06. The van der Waals surface area contributed by atoms with Crippen molar-refractivity contribution in [2.24, 2.45) is 0 Å². The molecular formula is C20H28O5. The van der Waals surface area contributed by atoms with Gasteiger partial charge in [0.05, 0.1) is 12.7 Å². The van der Waals surface area contributed by atoms with Crippen LogP contribution in [0.4, 0.5) is 0 Å². The lowest BCUT2D eigenvalue weighted by Gasteiger charge is -2.27. The summed E-state index contributed by atoms with van der Waals surface area (Å²) in [6, 6.07) is 10.5. The Labute approximate surface area is 149 Å². The summed E-state index contributed by atoms with van der Waals surface area (Å²) in [6.45, 7) is 8.32. The van der Waals surface area contributed by atoms with Crippen LogP contribution in [-0.2, 0) is 30.1 Å². The number of ether oxygens (including phenoxy) is 5. The number of aryl methyl sites for hydroxylation is 1. The van der Waals surface area contributed by atoms with Crippen LogP contribution in [0.1, 0.15) is 39.7 Å². The Balaban J connectivity index is 1.47. The average Bonchev–Trinajstić information content (AvgIpc) is 3.17. The number of hydrogen-bond donors (Lipinski definition) is 0. The molecule has 3 saturated heterocycles. The van der Waals surface area contributed by atoms with E-state index in [-0.39, 0.29) is 30.5 Å². The lowest BCUT2D eigenvalue weighted by Crippen LogP contribution is -2.40. The highest BCUT2D eigenvalue weighted by molar-refractivity contribution is 5.15. The molecule has 3 aliphatic rings. The van der Waals surface area contributed by atoms with Crippen LogP contribution in [0.15, 0.2) is 30.3 Å². The minimum absolute atomic E-state index is 0.00398. The van der Waals surface area contributed by atoms with Crippen LogP contribution < -0.4 is 0 Å². The molecule has 0 aliphatic carbocycles. The second-order valence-electron chi connectivity index (χ2n) is 8.10. The Morgan fingerprint density at radius 1 is 0.880 bits per heavy atom. The molecule has 1 unspecified atom stereocenters. The van der Waals surface area contributed by atoms with E-state index in [1.807, 2.05) is 33.8 Å². The molecule has 1 aromatic carbocycles. The van der Waals surface area contributed by atoms with Gasteiger partial charge in [0.1, 0.15) is 24.4 Å². The van der Waals surface area contributed by atoms with Crippen LogP contribution in [0.3, 0.4) is 0 Å². The van der Waals surface area contributed by atoms with Gasteiger partial charge in [0.15, 0.2) is 11.6 Å². The molecule has 3 aliphatic heterocycles. The Morgan fingerprint density at radius 3 is 2.28 bits per heavy atom. The molecule has 0 spiro atoms. The fraction of sp³-hybridized carbons (Fsp3) is 0.700. The quantitative estimate of drug-likeness (QED) is 0.837. The van der Waals surface area contributed by atoms with Crippen molar-refractivity contribution < 1.29 is 23.7 Å². The van der Waals surface area contributed by atoms with E-state index in [4.69, 9.17) is 23.7 Å². The number of rotatable bonds is 4. The van der Waals surface area contributed by atoms with E-state index in [1.54, 1.807) is 0 Å². The molecule has 0 bridgehead atoms. The molecule has 138 valence electrons. The SMILES string of the molecule is CC1(C)O[C@H]2[C@@H]([C@H]3COC(C)(C)O3)OC(CCc3ccccc3)[C@H]2O1. The first kappa shape index (κ1) is 17.4. The molecular weight excluding hydrogens is 320 g/mol. The maximum Gasteiger partial charge on any atom is 0.164 e. The first-order valence-electron chi connectivity index (χ1n) is 9.20. The first-order valence-corrected chi connectivity index (χ1v) is 9.20. The van der Waals surface area contributed by atoms with Crippen molar-refractivity contribution in [3.05, 3.63) is 35.9 Å². The normalized spacial score (nSPS) is 38.8. The van der Waals surface area contributed by atoms with Gasteiger partial charge in [-0.1, -0.05) is 30.3 Å². The van der Waals surface area contributed by atoms with Gasteiger partial charge in [0.2, 0.25) is 0 Å². The first-order chi connectivity index (χ1) is 11.8. The molecule has 3 heterocycles. The van der Waals surface area contributed by atoms with Crippen LogP contribution in [0, 0.1) is 0 Å². The highest BCUT2D eigenvalue weighted by Gasteiger charge is 2.58. The standard InChI is InChI=1S/C20H28O5/c1-19(2)21-12-15(23-19)16-18-17(24-20(3,4)25-18)14(22-16)11-10-13-8-6-5-7-9-13/h5-9,14-18H,10-12H2,1-4H3/t14?,15-,16-,17-,18+/m1/s1. The lowest BCUT2D eigenvalue weighted by molar-refractivity contribution is -0.206. The molecule has 1 aromatic rings. The Bertz CT molecular complexity index is 599. The smallest absolute Gasteiger partial charge is 0.164 e. The zero-order valence-electron chi connectivity index (χ0n) is 15.4. The van der Waals surface area contributed by atoms with Crippen molar-refractivity contribution in [2.45, 2.75) is 82.6 Å². The van der Waals surface area contributed by atoms with Crippen LogP contribution in [0.25, 0.3) is 0 Å².